The fourth-order valence-corrected chi connectivity index (χ4v) is 2.00. The van der Waals surface area contributed by atoms with Gasteiger partial charge < -0.3 is 0 Å². The van der Waals surface area contributed by atoms with E-state index in [9.17, 15) is 10.1 Å². The van der Waals surface area contributed by atoms with Crippen molar-refractivity contribution in [2.45, 2.75) is 0 Å². The second kappa shape index (κ2) is 4.45. The fourth-order valence-electron chi connectivity index (χ4n) is 2.00. The number of nitro benzene ring substituents is 1. The highest BCUT2D eigenvalue weighted by Gasteiger charge is 2.10. The second-order valence-electron chi connectivity index (χ2n) is 4.05. The summed E-state index contributed by atoms with van der Waals surface area (Å²) in [4.78, 5) is 18.8. The number of nitrogens with zero attached hydrogens (tertiary/aromatic N) is 3. The molecule has 0 bridgehead atoms. The zero-order valence-corrected chi connectivity index (χ0v) is 9.85. The Bertz CT molecular complexity index is 766. The van der Waals surface area contributed by atoms with Gasteiger partial charge in [0.05, 0.1) is 16.1 Å². The molecular weight excluding hydrogens is 242 g/mol. The van der Waals surface area contributed by atoms with E-state index in [2.05, 4.69) is 9.97 Å². The molecule has 92 valence electrons. The first kappa shape index (κ1) is 11.3. The number of non-ortho nitro benzene ring substituents is 1. The third-order valence-corrected chi connectivity index (χ3v) is 2.87. The van der Waals surface area contributed by atoms with Crippen molar-refractivity contribution in [3.8, 4) is 11.3 Å². The van der Waals surface area contributed by atoms with Crippen molar-refractivity contribution in [1.29, 1.82) is 0 Å². The Labute approximate surface area is 108 Å². The molecule has 3 aromatic rings. The maximum atomic E-state index is 10.8. The number of para-hydroxylation sites is 1. The second-order valence-corrected chi connectivity index (χ2v) is 4.05. The molecule has 0 fully saturated rings. The van der Waals surface area contributed by atoms with E-state index in [0.29, 0.717) is 11.3 Å². The van der Waals surface area contributed by atoms with Crippen molar-refractivity contribution in [2.24, 2.45) is 0 Å². The molecule has 5 nitrogen and oxygen atoms in total. The van der Waals surface area contributed by atoms with Gasteiger partial charge in [0.2, 0.25) is 0 Å². The first-order chi connectivity index (χ1) is 9.25. The number of benzene rings is 2. The Morgan fingerprint density at radius 2 is 1.84 bits per heavy atom. The van der Waals surface area contributed by atoms with Crippen LogP contribution in [0.15, 0.2) is 54.9 Å². The molecule has 0 aliphatic rings. The van der Waals surface area contributed by atoms with Gasteiger partial charge in [-0.15, -0.1) is 0 Å². The van der Waals surface area contributed by atoms with Crippen LogP contribution in [0.2, 0.25) is 0 Å². The van der Waals surface area contributed by atoms with Crippen molar-refractivity contribution in [2.75, 3.05) is 0 Å². The zero-order chi connectivity index (χ0) is 13.2. The molecule has 0 aliphatic heterocycles. The molecule has 0 aliphatic carbocycles. The highest BCUT2D eigenvalue weighted by molar-refractivity contribution is 5.92. The van der Waals surface area contributed by atoms with Crippen LogP contribution in [0.25, 0.3) is 22.2 Å². The van der Waals surface area contributed by atoms with Gasteiger partial charge in [0, 0.05) is 23.1 Å². The lowest BCUT2D eigenvalue weighted by Gasteiger charge is -2.04. The summed E-state index contributed by atoms with van der Waals surface area (Å²) in [6.07, 6.45) is 1.47. The fraction of sp³-hybridized carbons (Fsp3) is 0. The van der Waals surface area contributed by atoms with Gasteiger partial charge >= 0.3 is 0 Å². The van der Waals surface area contributed by atoms with E-state index in [-0.39, 0.29) is 5.69 Å². The number of fused-ring (bicyclic) bond motifs is 1. The van der Waals surface area contributed by atoms with Crippen LogP contribution in [0.5, 0.6) is 0 Å². The summed E-state index contributed by atoms with van der Waals surface area (Å²) < 4.78 is 0. The first-order valence-electron chi connectivity index (χ1n) is 5.70. The minimum absolute atomic E-state index is 0.0557. The molecule has 1 aromatic heterocycles. The number of hydrogen-bond donors (Lipinski definition) is 0. The van der Waals surface area contributed by atoms with Crippen LogP contribution < -0.4 is 0 Å². The molecule has 0 radical (unpaired) electrons. The van der Waals surface area contributed by atoms with E-state index in [1.165, 1.54) is 18.5 Å². The maximum Gasteiger partial charge on any atom is 0.270 e. The van der Waals surface area contributed by atoms with Gasteiger partial charge in [-0.1, -0.05) is 30.3 Å². The first-order valence-corrected chi connectivity index (χ1v) is 5.70. The summed E-state index contributed by atoms with van der Waals surface area (Å²) in [5, 5.41) is 11.7. The van der Waals surface area contributed by atoms with Crippen molar-refractivity contribution in [3.05, 3.63) is 65.0 Å². The van der Waals surface area contributed by atoms with Gasteiger partial charge in [0.25, 0.3) is 5.69 Å². The van der Waals surface area contributed by atoms with Crippen LogP contribution in [-0.2, 0) is 0 Å². The van der Waals surface area contributed by atoms with E-state index in [1.807, 2.05) is 30.3 Å². The van der Waals surface area contributed by atoms with E-state index in [1.54, 1.807) is 6.07 Å². The van der Waals surface area contributed by atoms with Gasteiger partial charge in [-0.05, 0) is 6.07 Å². The molecule has 0 atom stereocenters. The maximum absolute atomic E-state index is 10.8. The van der Waals surface area contributed by atoms with Crippen LogP contribution in [-0.4, -0.2) is 14.9 Å². The minimum Gasteiger partial charge on any atom is -0.258 e. The van der Waals surface area contributed by atoms with Crippen LogP contribution in [0.1, 0.15) is 0 Å². The highest BCUT2D eigenvalue weighted by atomic mass is 16.6. The van der Waals surface area contributed by atoms with Crippen molar-refractivity contribution in [3.63, 3.8) is 0 Å². The standard InChI is InChI=1S/C14H9N3O2/c18-17(19)11-5-3-4-10(8-11)14-12-6-1-2-7-13(12)15-9-16-14/h1-9H. The van der Waals surface area contributed by atoms with E-state index < -0.39 is 4.92 Å². The Balaban J connectivity index is 2.24. The smallest absolute Gasteiger partial charge is 0.258 e. The Hall–Kier alpha value is -2.82. The van der Waals surface area contributed by atoms with Crippen LogP contribution in [0.3, 0.4) is 0 Å². The topological polar surface area (TPSA) is 68.9 Å². The lowest BCUT2D eigenvalue weighted by atomic mass is 10.1. The third-order valence-electron chi connectivity index (χ3n) is 2.87. The van der Waals surface area contributed by atoms with Crippen molar-refractivity contribution in [1.82, 2.24) is 9.97 Å². The summed E-state index contributed by atoms with van der Waals surface area (Å²) in [7, 11) is 0. The molecule has 1 heterocycles. The van der Waals surface area contributed by atoms with Crippen molar-refractivity contribution < 1.29 is 4.92 Å². The summed E-state index contributed by atoms with van der Waals surface area (Å²) in [5.74, 6) is 0. The normalized spacial score (nSPS) is 10.5. The zero-order valence-electron chi connectivity index (χ0n) is 9.85. The number of aromatic nitrogens is 2. The molecule has 0 unspecified atom stereocenters. The van der Waals surface area contributed by atoms with Crippen LogP contribution in [0.4, 0.5) is 5.69 Å². The molecule has 0 amide bonds. The molecule has 5 heteroatoms. The lowest BCUT2D eigenvalue weighted by Crippen LogP contribution is -1.91. The number of rotatable bonds is 2. The van der Waals surface area contributed by atoms with Gasteiger partial charge in [-0.2, -0.15) is 0 Å². The average molecular weight is 251 g/mol. The third kappa shape index (κ3) is 2.01. The quantitative estimate of drug-likeness (QED) is 0.518. The molecule has 0 spiro atoms. The SMILES string of the molecule is O=[N+]([O-])c1cccc(-c2ncnc3ccccc23)c1. The molecule has 0 saturated carbocycles. The summed E-state index contributed by atoms with van der Waals surface area (Å²) in [5.41, 5.74) is 2.29. The largest absolute Gasteiger partial charge is 0.270 e. The van der Waals surface area contributed by atoms with E-state index in [4.69, 9.17) is 0 Å². The van der Waals surface area contributed by atoms with Gasteiger partial charge in [-0.3, -0.25) is 10.1 Å². The van der Waals surface area contributed by atoms with Crippen molar-refractivity contribution >= 4 is 16.6 Å². The lowest BCUT2D eigenvalue weighted by molar-refractivity contribution is -0.384. The summed E-state index contributed by atoms with van der Waals surface area (Å²) in [6.45, 7) is 0. The average Bonchev–Trinajstić information content (AvgIpc) is 2.47. The predicted octanol–water partition coefficient (Wildman–Crippen LogP) is 3.21. The Morgan fingerprint density at radius 3 is 2.68 bits per heavy atom. The molecule has 0 saturated heterocycles. The number of nitro groups is 1. The molecule has 0 N–H and O–H groups in total. The van der Waals surface area contributed by atoms with Gasteiger partial charge in [-0.25, -0.2) is 9.97 Å². The highest BCUT2D eigenvalue weighted by Crippen LogP contribution is 2.27. The molecule has 2 aromatic carbocycles. The minimum atomic E-state index is -0.410. The number of hydrogen-bond acceptors (Lipinski definition) is 4. The Morgan fingerprint density at radius 1 is 1.00 bits per heavy atom. The summed E-state index contributed by atoms with van der Waals surface area (Å²) in [6, 6.07) is 14.0. The monoisotopic (exact) mass is 251 g/mol. The molecule has 19 heavy (non-hydrogen) atoms. The summed E-state index contributed by atoms with van der Waals surface area (Å²) >= 11 is 0. The van der Waals surface area contributed by atoms with Crippen LogP contribution >= 0.6 is 0 Å². The van der Waals surface area contributed by atoms with Crippen LogP contribution in [0, 0.1) is 10.1 Å². The molecular formula is C14H9N3O2. The van der Waals surface area contributed by atoms with E-state index in [0.717, 1.165) is 10.9 Å². The van der Waals surface area contributed by atoms with Gasteiger partial charge in [0.1, 0.15) is 6.33 Å². The van der Waals surface area contributed by atoms with Gasteiger partial charge in [0.15, 0.2) is 0 Å². The van der Waals surface area contributed by atoms with E-state index >= 15 is 0 Å². The molecule has 3 rings (SSSR count). The Kier molecular flexibility index (Phi) is 2.64. The predicted molar refractivity (Wildman–Crippen MR) is 71.6 cm³/mol.